The van der Waals surface area contributed by atoms with E-state index in [4.69, 9.17) is 4.74 Å². The molecule has 1 aromatic heterocycles. The van der Waals surface area contributed by atoms with Gasteiger partial charge in [-0.2, -0.15) is 0 Å². The third kappa shape index (κ3) is 2.58. The van der Waals surface area contributed by atoms with Gasteiger partial charge in [0.15, 0.2) is 0 Å². The van der Waals surface area contributed by atoms with Gasteiger partial charge in [0.25, 0.3) is 0 Å². The Morgan fingerprint density at radius 2 is 2.30 bits per heavy atom. The Kier molecular flexibility index (Phi) is 4.03. The van der Waals surface area contributed by atoms with E-state index in [9.17, 15) is 4.79 Å². The number of thiophene rings is 1. The number of carbonyl (C=O) groups is 1. The molecular weight excluding hydrogens is 270 g/mol. The molecule has 0 saturated carbocycles. The minimum Gasteiger partial charge on any atom is -0.465 e. The largest absolute Gasteiger partial charge is 0.465 e. The molecule has 1 saturated heterocycles. The average molecular weight is 289 g/mol. The minimum absolute atomic E-state index is 0.0615. The molecular formula is C16H19NO2S. The Bertz CT molecular complexity index is 607. The molecule has 2 aromatic rings. The first-order valence-electron chi connectivity index (χ1n) is 7.15. The van der Waals surface area contributed by atoms with Gasteiger partial charge < -0.3 is 4.74 Å². The molecule has 0 radical (unpaired) electrons. The van der Waals surface area contributed by atoms with Crippen molar-refractivity contribution in [2.75, 3.05) is 13.2 Å². The SMILES string of the molecule is CCOC(=O)C1CCCN1Cc1csc2ccccc12. The summed E-state index contributed by atoms with van der Waals surface area (Å²) in [5.41, 5.74) is 1.32. The summed E-state index contributed by atoms with van der Waals surface area (Å²) in [6.45, 7) is 4.15. The quantitative estimate of drug-likeness (QED) is 0.808. The van der Waals surface area contributed by atoms with Crippen LogP contribution in [0.4, 0.5) is 0 Å². The normalized spacial score (nSPS) is 19.6. The molecule has 0 N–H and O–H groups in total. The first-order valence-corrected chi connectivity index (χ1v) is 8.03. The van der Waals surface area contributed by atoms with Gasteiger partial charge in [0.05, 0.1) is 6.61 Å². The van der Waals surface area contributed by atoms with E-state index in [-0.39, 0.29) is 12.0 Å². The third-order valence-electron chi connectivity index (χ3n) is 3.86. The van der Waals surface area contributed by atoms with Gasteiger partial charge >= 0.3 is 5.97 Å². The van der Waals surface area contributed by atoms with E-state index in [1.54, 1.807) is 11.3 Å². The number of hydrogen-bond acceptors (Lipinski definition) is 4. The standard InChI is InChI=1S/C16H19NO2S/c1-2-19-16(18)14-7-5-9-17(14)10-12-11-20-15-8-4-3-6-13(12)15/h3-4,6,8,11,14H,2,5,7,9-10H2,1H3. The zero-order valence-electron chi connectivity index (χ0n) is 11.7. The van der Waals surface area contributed by atoms with Gasteiger partial charge in [0.1, 0.15) is 6.04 Å². The summed E-state index contributed by atoms with van der Waals surface area (Å²) in [4.78, 5) is 14.2. The Labute approximate surface area is 123 Å². The summed E-state index contributed by atoms with van der Waals surface area (Å²) in [7, 11) is 0. The van der Waals surface area contributed by atoms with Crippen molar-refractivity contribution in [1.29, 1.82) is 0 Å². The zero-order valence-corrected chi connectivity index (χ0v) is 12.5. The second kappa shape index (κ2) is 5.94. The minimum atomic E-state index is -0.0652. The maximum absolute atomic E-state index is 12.0. The van der Waals surface area contributed by atoms with Crippen LogP contribution in [0.1, 0.15) is 25.3 Å². The molecule has 1 aliphatic rings. The highest BCUT2D eigenvalue weighted by molar-refractivity contribution is 7.17. The van der Waals surface area contributed by atoms with Gasteiger partial charge in [-0.15, -0.1) is 11.3 Å². The molecule has 1 atom stereocenters. The molecule has 0 amide bonds. The molecule has 0 aliphatic carbocycles. The van der Waals surface area contributed by atoms with Crippen LogP contribution in [0.25, 0.3) is 10.1 Å². The second-order valence-electron chi connectivity index (χ2n) is 5.14. The van der Waals surface area contributed by atoms with E-state index in [0.717, 1.165) is 25.9 Å². The lowest BCUT2D eigenvalue weighted by Crippen LogP contribution is -2.36. The van der Waals surface area contributed by atoms with Crippen molar-refractivity contribution in [3.63, 3.8) is 0 Å². The highest BCUT2D eigenvalue weighted by atomic mass is 32.1. The van der Waals surface area contributed by atoms with Gasteiger partial charge in [0.2, 0.25) is 0 Å². The number of hydrogen-bond donors (Lipinski definition) is 0. The number of fused-ring (bicyclic) bond motifs is 1. The molecule has 106 valence electrons. The lowest BCUT2D eigenvalue weighted by molar-refractivity contribution is -0.148. The first-order chi connectivity index (χ1) is 9.79. The second-order valence-corrected chi connectivity index (χ2v) is 6.05. The molecule has 1 aliphatic heterocycles. The maximum Gasteiger partial charge on any atom is 0.323 e. The lowest BCUT2D eigenvalue weighted by Gasteiger charge is -2.22. The Morgan fingerprint density at radius 3 is 3.15 bits per heavy atom. The Balaban J connectivity index is 1.78. The maximum atomic E-state index is 12.0. The fraction of sp³-hybridized carbons (Fsp3) is 0.438. The van der Waals surface area contributed by atoms with Crippen LogP contribution in [-0.2, 0) is 16.1 Å². The first kappa shape index (κ1) is 13.6. The number of esters is 1. The van der Waals surface area contributed by atoms with Crippen LogP contribution < -0.4 is 0 Å². The fourth-order valence-electron chi connectivity index (χ4n) is 2.89. The topological polar surface area (TPSA) is 29.5 Å². The number of benzene rings is 1. The van der Waals surface area contributed by atoms with Crippen LogP contribution in [0.2, 0.25) is 0 Å². The fourth-order valence-corrected chi connectivity index (χ4v) is 3.85. The van der Waals surface area contributed by atoms with Gasteiger partial charge in [-0.1, -0.05) is 18.2 Å². The molecule has 1 aromatic carbocycles. The van der Waals surface area contributed by atoms with E-state index < -0.39 is 0 Å². The predicted molar refractivity (Wildman–Crippen MR) is 81.9 cm³/mol. The highest BCUT2D eigenvalue weighted by Crippen LogP contribution is 2.29. The number of rotatable bonds is 4. The molecule has 2 heterocycles. The van der Waals surface area contributed by atoms with Gasteiger partial charge in [0, 0.05) is 11.2 Å². The third-order valence-corrected chi connectivity index (χ3v) is 4.87. The number of nitrogens with zero attached hydrogens (tertiary/aromatic N) is 1. The molecule has 3 nitrogen and oxygen atoms in total. The van der Waals surface area contributed by atoms with E-state index in [1.807, 2.05) is 6.92 Å². The van der Waals surface area contributed by atoms with Crippen LogP contribution in [0.3, 0.4) is 0 Å². The summed E-state index contributed by atoms with van der Waals surface area (Å²) in [5.74, 6) is -0.0652. The van der Waals surface area contributed by atoms with Crippen molar-refractivity contribution in [3.8, 4) is 0 Å². The molecule has 4 heteroatoms. The van der Waals surface area contributed by atoms with E-state index in [2.05, 4.69) is 34.5 Å². The number of carbonyl (C=O) groups excluding carboxylic acids is 1. The van der Waals surface area contributed by atoms with Gasteiger partial charge in [-0.25, -0.2) is 0 Å². The molecule has 1 fully saturated rings. The molecule has 3 rings (SSSR count). The lowest BCUT2D eigenvalue weighted by atomic mass is 10.1. The Morgan fingerprint density at radius 1 is 1.45 bits per heavy atom. The average Bonchev–Trinajstić information content (AvgIpc) is 3.07. The summed E-state index contributed by atoms with van der Waals surface area (Å²) in [5, 5.41) is 3.53. The summed E-state index contributed by atoms with van der Waals surface area (Å²) in [6.07, 6.45) is 1.99. The van der Waals surface area contributed by atoms with E-state index >= 15 is 0 Å². The monoisotopic (exact) mass is 289 g/mol. The highest BCUT2D eigenvalue weighted by Gasteiger charge is 2.31. The predicted octanol–water partition coefficient (Wildman–Crippen LogP) is 3.43. The smallest absolute Gasteiger partial charge is 0.323 e. The van der Waals surface area contributed by atoms with Crippen LogP contribution in [-0.4, -0.2) is 30.1 Å². The summed E-state index contributed by atoms with van der Waals surface area (Å²) >= 11 is 1.77. The van der Waals surface area contributed by atoms with Gasteiger partial charge in [-0.05, 0) is 48.7 Å². The van der Waals surface area contributed by atoms with Crippen molar-refractivity contribution in [1.82, 2.24) is 4.90 Å². The van der Waals surface area contributed by atoms with Crippen molar-refractivity contribution in [3.05, 3.63) is 35.2 Å². The van der Waals surface area contributed by atoms with Crippen LogP contribution >= 0.6 is 11.3 Å². The van der Waals surface area contributed by atoms with Crippen molar-refractivity contribution in [2.24, 2.45) is 0 Å². The Hall–Kier alpha value is -1.39. The number of ether oxygens (including phenoxy) is 1. The van der Waals surface area contributed by atoms with Crippen LogP contribution in [0.5, 0.6) is 0 Å². The summed E-state index contributed by atoms with van der Waals surface area (Å²) < 4.78 is 6.50. The van der Waals surface area contributed by atoms with Crippen molar-refractivity contribution < 1.29 is 9.53 Å². The molecule has 1 unspecified atom stereocenters. The summed E-state index contributed by atoms with van der Waals surface area (Å²) in [6, 6.07) is 8.40. The zero-order chi connectivity index (χ0) is 13.9. The van der Waals surface area contributed by atoms with Crippen molar-refractivity contribution >= 4 is 27.4 Å². The molecule has 0 spiro atoms. The van der Waals surface area contributed by atoms with E-state index in [0.29, 0.717) is 6.61 Å². The van der Waals surface area contributed by atoms with Gasteiger partial charge in [-0.3, -0.25) is 9.69 Å². The van der Waals surface area contributed by atoms with Crippen LogP contribution in [0.15, 0.2) is 29.6 Å². The molecule has 20 heavy (non-hydrogen) atoms. The van der Waals surface area contributed by atoms with Crippen LogP contribution in [0, 0.1) is 0 Å². The molecule has 0 bridgehead atoms. The van der Waals surface area contributed by atoms with E-state index in [1.165, 1.54) is 15.6 Å². The van der Waals surface area contributed by atoms with Crippen molar-refractivity contribution in [2.45, 2.75) is 32.4 Å². The number of likely N-dealkylation sites (tertiary alicyclic amines) is 1.